The van der Waals surface area contributed by atoms with Crippen molar-refractivity contribution in [1.82, 2.24) is 4.98 Å². The van der Waals surface area contributed by atoms with E-state index in [2.05, 4.69) is 20.9 Å². The van der Waals surface area contributed by atoms with Crippen LogP contribution in [-0.4, -0.2) is 16.1 Å². The molecule has 0 atom stereocenters. The van der Waals surface area contributed by atoms with Crippen LogP contribution in [0.25, 0.3) is 10.9 Å². The second-order valence-corrected chi connectivity index (χ2v) is 4.16. The van der Waals surface area contributed by atoms with Crippen molar-refractivity contribution in [2.24, 2.45) is 0 Å². The minimum Gasteiger partial charge on any atom is -0.477 e. The predicted molar refractivity (Wildman–Crippen MR) is 58.0 cm³/mol. The standard InChI is InChI=1S/C9H5BrClNO2/c10-4-1-6(11)5-3-8(9(13)14)12-7(5)2-4/h1-3,12H,(H,13,14). The Bertz CT molecular complexity index is 521. The Morgan fingerprint density at radius 2 is 2.14 bits per heavy atom. The molecule has 14 heavy (non-hydrogen) atoms. The quantitative estimate of drug-likeness (QED) is 0.838. The molecule has 0 aliphatic rings. The van der Waals surface area contributed by atoms with E-state index in [0.717, 1.165) is 4.47 Å². The number of hydrogen-bond donors (Lipinski definition) is 2. The van der Waals surface area contributed by atoms with E-state index in [-0.39, 0.29) is 5.69 Å². The lowest BCUT2D eigenvalue weighted by molar-refractivity contribution is 0.0691. The molecule has 0 saturated carbocycles. The van der Waals surface area contributed by atoms with Crippen LogP contribution >= 0.6 is 27.5 Å². The van der Waals surface area contributed by atoms with Gasteiger partial charge in [-0.1, -0.05) is 27.5 Å². The molecular formula is C9H5BrClNO2. The highest BCUT2D eigenvalue weighted by molar-refractivity contribution is 9.10. The minimum absolute atomic E-state index is 0.139. The molecule has 5 heteroatoms. The number of aromatic nitrogens is 1. The number of nitrogens with one attached hydrogen (secondary N) is 1. The van der Waals surface area contributed by atoms with E-state index < -0.39 is 5.97 Å². The van der Waals surface area contributed by atoms with Crippen molar-refractivity contribution in [3.63, 3.8) is 0 Å². The monoisotopic (exact) mass is 273 g/mol. The molecule has 0 fully saturated rings. The van der Waals surface area contributed by atoms with Gasteiger partial charge in [-0.2, -0.15) is 0 Å². The predicted octanol–water partition coefficient (Wildman–Crippen LogP) is 3.28. The zero-order valence-electron chi connectivity index (χ0n) is 6.84. The zero-order valence-corrected chi connectivity index (χ0v) is 9.19. The topological polar surface area (TPSA) is 53.1 Å². The first-order valence-electron chi connectivity index (χ1n) is 3.79. The summed E-state index contributed by atoms with van der Waals surface area (Å²) < 4.78 is 0.814. The summed E-state index contributed by atoms with van der Waals surface area (Å²) in [4.78, 5) is 13.4. The first-order valence-corrected chi connectivity index (χ1v) is 4.96. The summed E-state index contributed by atoms with van der Waals surface area (Å²) in [7, 11) is 0. The van der Waals surface area contributed by atoms with Crippen LogP contribution in [0.5, 0.6) is 0 Å². The average molecular weight is 275 g/mol. The maximum absolute atomic E-state index is 10.7. The molecule has 2 rings (SSSR count). The van der Waals surface area contributed by atoms with Crippen molar-refractivity contribution < 1.29 is 9.90 Å². The Hall–Kier alpha value is -1.00. The molecule has 0 bridgehead atoms. The molecule has 0 radical (unpaired) electrons. The van der Waals surface area contributed by atoms with Gasteiger partial charge in [-0.3, -0.25) is 0 Å². The molecule has 72 valence electrons. The lowest BCUT2D eigenvalue weighted by Crippen LogP contribution is -1.94. The molecular weight excluding hydrogens is 269 g/mol. The number of halogens is 2. The summed E-state index contributed by atoms with van der Waals surface area (Å²) in [6.45, 7) is 0. The summed E-state index contributed by atoms with van der Waals surface area (Å²) in [6.07, 6.45) is 0. The van der Waals surface area contributed by atoms with E-state index >= 15 is 0 Å². The molecule has 1 aromatic carbocycles. The largest absolute Gasteiger partial charge is 0.477 e. The second-order valence-electron chi connectivity index (χ2n) is 2.84. The Labute approximate surface area is 92.8 Å². The Morgan fingerprint density at radius 1 is 1.43 bits per heavy atom. The van der Waals surface area contributed by atoms with E-state index in [1.165, 1.54) is 6.07 Å². The van der Waals surface area contributed by atoms with Crippen LogP contribution in [0.3, 0.4) is 0 Å². The van der Waals surface area contributed by atoms with Crippen LogP contribution in [-0.2, 0) is 0 Å². The summed E-state index contributed by atoms with van der Waals surface area (Å²) in [5, 5.41) is 10.0. The molecule has 1 aromatic heterocycles. The number of fused-ring (bicyclic) bond motifs is 1. The Morgan fingerprint density at radius 3 is 2.79 bits per heavy atom. The lowest BCUT2D eigenvalue weighted by atomic mass is 10.2. The van der Waals surface area contributed by atoms with E-state index in [0.29, 0.717) is 15.9 Å². The van der Waals surface area contributed by atoms with Crippen LogP contribution in [0.4, 0.5) is 0 Å². The third-order valence-corrected chi connectivity index (χ3v) is 2.65. The van der Waals surface area contributed by atoms with E-state index in [9.17, 15) is 4.79 Å². The molecule has 0 amide bonds. The van der Waals surface area contributed by atoms with Gasteiger partial charge in [0.1, 0.15) is 5.69 Å². The number of aromatic carboxylic acids is 1. The van der Waals surface area contributed by atoms with Gasteiger partial charge in [0, 0.05) is 15.4 Å². The highest BCUT2D eigenvalue weighted by Crippen LogP contribution is 2.28. The maximum atomic E-state index is 10.7. The van der Waals surface area contributed by atoms with Crippen molar-refractivity contribution in [2.75, 3.05) is 0 Å². The van der Waals surface area contributed by atoms with Gasteiger partial charge in [-0.15, -0.1) is 0 Å². The Kier molecular flexibility index (Phi) is 2.25. The smallest absolute Gasteiger partial charge is 0.352 e. The van der Waals surface area contributed by atoms with Gasteiger partial charge in [0.05, 0.1) is 5.02 Å². The first kappa shape index (κ1) is 9.55. The van der Waals surface area contributed by atoms with Crippen molar-refractivity contribution in [2.45, 2.75) is 0 Å². The molecule has 2 aromatic rings. The number of rotatable bonds is 1. The molecule has 3 nitrogen and oxygen atoms in total. The molecule has 2 N–H and O–H groups in total. The molecule has 0 unspecified atom stereocenters. The van der Waals surface area contributed by atoms with Gasteiger partial charge in [0.25, 0.3) is 0 Å². The van der Waals surface area contributed by atoms with E-state index in [1.54, 1.807) is 12.1 Å². The molecule has 0 saturated heterocycles. The number of carboxylic acids is 1. The number of benzene rings is 1. The SMILES string of the molecule is O=C(O)c1cc2c(Cl)cc(Br)cc2[nH]1. The van der Waals surface area contributed by atoms with Gasteiger partial charge in [0.2, 0.25) is 0 Å². The molecule has 1 heterocycles. The van der Waals surface area contributed by atoms with Crippen molar-refractivity contribution >= 4 is 44.4 Å². The highest BCUT2D eigenvalue weighted by atomic mass is 79.9. The number of carbonyl (C=O) groups is 1. The van der Waals surface area contributed by atoms with Crippen LogP contribution in [0, 0.1) is 0 Å². The molecule has 0 aliphatic carbocycles. The summed E-state index contributed by atoms with van der Waals surface area (Å²) in [6, 6.07) is 5.03. The van der Waals surface area contributed by atoms with Crippen LogP contribution in [0.1, 0.15) is 10.5 Å². The minimum atomic E-state index is -0.992. The summed E-state index contributed by atoms with van der Waals surface area (Å²) >= 11 is 9.22. The van der Waals surface area contributed by atoms with Gasteiger partial charge < -0.3 is 10.1 Å². The third-order valence-electron chi connectivity index (χ3n) is 1.88. The van der Waals surface area contributed by atoms with Gasteiger partial charge in [0.15, 0.2) is 0 Å². The van der Waals surface area contributed by atoms with Gasteiger partial charge >= 0.3 is 5.97 Å². The van der Waals surface area contributed by atoms with E-state index in [1.807, 2.05) is 0 Å². The summed E-state index contributed by atoms with van der Waals surface area (Å²) in [5.41, 5.74) is 0.849. The number of carboxylic acid groups (broad SMARTS) is 1. The van der Waals surface area contributed by atoms with Crippen LogP contribution in [0.15, 0.2) is 22.7 Å². The first-order chi connectivity index (χ1) is 6.58. The average Bonchev–Trinajstić information content (AvgIpc) is 2.47. The molecule has 0 aliphatic heterocycles. The molecule has 0 spiro atoms. The fourth-order valence-electron chi connectivity index (χ4n) is 1.28. The normalized spacial score (nSPS) is 10.7. The van der Waals surface area contributed by atoms with Crippen molar-refractivity contribution in [3.05, 3.63) is 33.4 Å². The van der Waals surface area contributed by atoms with Gasteiger partial charge in [-0.05, 0) is 18.2 Å². The Balaban J connectivity index is 2.76. The fourth-order valence-corrected chi connectivity index (χ4v) is 2.14. The van der Waals surface area contributed by atoms with Crippen LogP contribution < -0.4 is 0 Å². The summed E-state index contributed by atoms with van der Waals surface area (Å²) in [5.74, 6) is -0.992. The number of hydrogen-bond acceptors (Lipinski definition) is 1. The van der Waals surface area contributed by atoms with Crippen LogP contribution in [0.2, 0.25) is 5.02 Å². The lowest BCUT2D eigenvalue weighted by Gasteiger charge is -1.94. The fraction of sp³-hybridized carbons (Fsp3) is 0. The zero-order chi connectivity index (χ0) is 10.3. The highest BCUT2D eigenvalue weighted by Gasteiger charge is 2.09. The number of aromatic amines is 1. The maximum Gasteiger partial charge on any atom is 0.352 e. The van der Waals surface area contributed by atoms with E-state index in [4.69, 9.17) is 16.7 Å². The van der Waals surface area contributed by atoms with Crippen molar-refractivity contribution in [1.29, 1.82) is 0 Å². The van der Waals surface area contributed by atoms with Crippen molar-refractivity contribution in [3.8, 4) is 0 Å². The third kappa shape index (κ3) is 1.51. The second kappa shape index (κ2) is 3.29. The number of H-pyrrole nitrogens is 1. The van der Waals surface area contributed by atoms with Gasteiger partial charge in [-0.25, -0.2) is 4.79 Å².